The number of benzene rings is 2. The van der Waals surface area contributed by atoms with E-state index in [4.69, 9.17) is 4.74 Å². The Morgan fingerprint density at radius 1 is 0.963 bits per heavy atom. The minimum Gasteiger partial charge on any atom is -0.497 e. The van der Waals surface area contributed by atoms with Gasteiger partial charge in [-0.1, -0.05) is 42.5 Å². The average Bonchev–Trinajstić information content (AvgIpc) is 2.71. The van der Waals surface area contributed by atoms with Gasteiger partial charge in [0.05, 0.1) is 7.11 Å². The number of hydrogen-bond donors (Lipinski definition) is 3. The Morgan fingerprint density at radius 2 is 1.70 bits per heavy atom. The van der Waals surface area contributed by atoms with E-state index >= 15 is 0 Å². The van der Waals surface area contributed by atoms with Crippen LogP contribution < -0.4 is 20.7 Å². The van der Waals surface area contributed by atoms with Gasteiger partial charge in [0.1, 0.15) is 12.3 Å². The van der Waals surface area contributed by atoms with Crippen LogP contribution in [0.25, 0.3) is 0 Å². The van der Waals surface area contributed by atoms with Gasteiger partial charge in [0, 0.05) is 19.6 Å². The number of amides is 1. The molecule has 0 atom stereocenters. The molecule has 0 saturated carbocycles. The molecule has 0 aliphatic carbocycles. The van der Waals surface area contributed by atoms with Crippen LogP contribution in [0.15, 0.2) is 59.6 Å². The summed E-state index contributed by atoms with van der Waals surface area (Å²) in [6.07, 6.45) is 0.898. The lowest BCUT2D eigenvalue weighted by Crippen LogP contribution is -2.39. The molecular weight excluding hydrogens is 340 g/mol. The van der Waals surface area contributed by atoms with Crippen LogP contribution in [0.1, 0.15) is 18.1 Å². The van der Waals surface area contributed by atoms with Crippen molar-refractivity contribution in [3.05, 3.63) is 65.7 Å². The van der Waals surface area contributed by atoms with Gasteiger partial charge in [0.2, 0.25) is 5.91 Å². The normalized spacial score (nSPS) is 11.0. The van der Waals surface area contributed by atoms with E-state index in [-0.39, 0.29) is 12.5 Å². The van der Waals surface area contributed by atoms with Crippen LogP contribution >= 0.6 is 0 Å². The lowest BCUT2D eigenvalue weighted by atomic mass is 10.1. The predicted octanol–water partition coefficient (Wildman–Crippen LogP) is 2.11. The van der Waals surface area contributed by atoms with Crippen molar-refractivity contribution in [1.82, 2.24) is 16.0 Å². The molecule has 0 unspecified atom stereocenters. The topological polar surface area (TPSA) is 74.8 Å². The minimum absolute atomic E-state index is 0.0802. The SMILES string of the molecule is CCNC(=NCC(=O)NCc1ccc(OC)cc1)NCCc1ccccc1. The fourth-order valence-corrected chi connectivity index (χ4v) is 2.46. The molecule has 2 rings (SSSR count). The molecule has 2 aromatic carbocycles. The van der Waals surface area contributed by atoms with Crippen molar-refractivity contribution in [2.24, 2.45) is 4.99 Å². The summed E-state index contributed by atoms with van der Waals surface area (Å²) in [5.41, 5.74) is 2.28. The van der Waals surface area contributed by atoms with Gasteiger partial charge in [-0.3, -0.25) is 4.79 Å². The van der Waals surface area contributed by atoms with Gasteiger partial charge in [-0.2, -0.15) is 0 Å². The smallest absolute Gasteiger partial charge is 0.242 e. The summed E-state index contributed by atoms with van der Waals surface area (Å²) in [5.74, 6) is 1.32. The molecular formula is C21H28N4O2. The zero-order chi connectivity index (χ0) is 19.3. The van der Waals surface area contributed by atoms with Gasteiger partial charge in [0.25, 0.3) is 0 Å². The van der Waals surface area contributed by atoms with Crippen LogP contribution in [-0.4, -0.2) is 38.6 Å². The zero-order valence-electron chi connectivity index (χ0n) is 16.0. The minimum atomic E-state index is -0.119. The Kier molecular flexibility index (Phi) is 8.69. The molecule has 0 aliphatic heterocycles. The van der Waals surface area contributed by atoms with Gasteiger partial charge in [0.15, 0.2) is 5.96 Å². The maximum atomic E-state index is 12.0. The van der Waals surface area contributed by atoms with E-state index in [0.717, 1.165) is 30.8 Å². The summed E-state index contributed by atoms with van der Waals surface area (Å²) in [4.78, 5) is 16.4. The van der Waals surface area contributed by atoms with E-state index in [9.17, 15) is 4.79 Å². The number of guanidine groups is 1. The first-order valence-corrected chi connectivity index (χ1v) is 9.17. The number of nitrogens with zero attached hydrogens (tertiary/aromatic N) is 1. The highest BCUT2D eigenvalue weighted by atomic mass is 16.5. The molecule has 1 amide bonds. The number of aliphatic imine (C=N–C) groups is 1. The van der Waals surface area contributed by atoms with Gasteiger partial charge in [-0.15, -0.1) is 0 Å². The van der Waals surface area contributed by atoms with E-state index in [1.165, 1.54) is 5.56 Å². The van der Waals surface area contributed by atoms with Gasteiger partial charge >= 0.3 is 0 Å². The van der Waals surface area contributed by atoms with Crippen molar-refractivity contribution in [1.29, 1.82) is 0 Å². The average molecular weight is 368 g/mol. The van der Waals surface area contributed by atoms with E-state index in [2.05, 4.69) is 33.1 Å². The van der Waals surface area contributed by atoms with Crippen LogP contribution in [0.2, 0.25) is 0 Å². The quantitative estimate of drug-likeness (QED) is 0.468. The summed E-state index contributed by atoms with van der Waals surface area (Å²) in [7, 11) is 1.63. The van der Waals surface area contributed by atoms with Crippen molar-refractivity contribution in [3.63, 3.8) is 0 Å². The fourth-order valence-electron chi connectivity index (χ4n) is 2.46. The Morgan fingerprint density at radius 3 is 2.37 bits per heavy atom. The molecule has 0 bridgehead atoms. The maximum absolute atomic E-state index is 12.0. The van der Waals surface area contributed by atoms with E-state index in [0.29, 0.717) is 12.5 Å². The summed E-state index contributed by atoms with van der Waals surface area (Å²) >= 11 is 0. The molecule has 3 N–H and O–H groups in total. The number of nitrogens with one attached hydrogen (secondary N) is 3. The van der Waals surface area contributed by atoms with Crippen molar-refractivity contribution in [2.75, 3.05) is 26.7 Å². The Balaban J connectivity index is 1.75. The first-order valence-electron chi connectivity index (χ1n) is 9.17. The summed E-state index contributed by atoms with van der Waals surface area (Å²) in [6.45, 7) is 4.04. The van der Waals surface area contributed by atoms with Crippen LogP contribution in [0, 0.1) is 0 Å². The van der Waals surface area contributed by atoms with Crippen molar-refractivity contribution in [3.8, 4) is 5.75 Å². The van der Waals surface area contributed by atoms with Crippen molar-refractivity contribution in [2.45, 2.75) is 19.9 Å². The Labute approximate surface area is 161 Å². The number of methoxy groups -OCH3 is 1. The number of carbonyl (C=O) groups excluding carboxylic acids is 1. The molecule has 0 saturated heterocycles. The second kappa shape index (κ2) is 11.6. The van der Waals surface area contributed by atoms with Crippen LogP contribution in [0.4, 0.5) is 0 Å². The molecule has 0 aliphatic rings. The van der Waals surface area contributed by atoms with Gasteiger partial charge in [-0.25, -0.2) is 4.99 Å². The van der Waals surface area contributed by atoms with E-state index < -0.39 is 0 Å². The molecule has 27 heavy (non-hydrogen) atoms. The predicted molar refractivity (Wildman–Crippen MR) is 109 cm³/mol. The number of hydrogen-bond acceptors (Lipinski definition) is 3. The molecule has 6 heteroatoms. The van der Waals surface area contributed by atoms with Gasteiger partial charge < -0.3 is 20.7 Å². The molecule has 6 nitrogen and oxygen atoms in total. The standard InChI is InChI=1S/C21H28N4O2/c1-3-22-21(23-14-13-17-7-5-4-6-8-17)25-16-20(26)24-15-18-9-11-19(27-2)12-10-18/h4-12H,3,13-16H2,1-2H3,(H,24,26)(H2,22,23,25). The highest BCUT2D eigenvalue weighted by Gasteiger charge is 2.03. The monoisotopic (exact) mass is 368 g/mol. The molecule has 0 radical (unpaired) electrons. The third-order valence-electron chi connectivity index (χ3n) is 3.92. The first-order chi connectivity index (χ1) is 13.2. The van der Waals surface area contributed by atoms with E-state index in [1.54, 1.807) is 7.11 Å². The third-order valence-corrected chi connectivity index (χ3v) is 3.92. The van der Waals surface area contributed by atoms with Crippen LogP contribution in [0.5, 0.6) is 5.75 Å². The lowest BCUT2D eigenvalue weighted by Gasteiger charge is -2.11. The summed E-state index contributed by atoms with van der Waals surface area (Å²) in [6, 6.07) is 17.9. The molecule has 0 aromatic heterocycles. The number of carbonyl (C=O) groups is 1. The Hall–Kier alpha value is -3.02. The molecule has 144 valence electrons. The maximum Gasteiger partial charge on any atom is 0.242 e. The number of rotatable bonds is 9. The lowest BCUT2D eigenvalue weighted by molar-refractivity contribution is -0.119. The summed E-state index contributed by atoms with van der Waals surface area (Å²) < 4.78 is 5.12. The van der Waals surface area contributed by atoms with Gasteiger partial charge in [-0.05, 0) is 36.6 Å². The zero-order valence-corrected chi connectivity index (χ0v) is 16.0. The van der Waals surface area contributed by atoms with Crippen LogP contribution in [0.3, 0.4) is 0 Å². The van der Waals surface area contributed by atoms with Crippen molar-refractivity contribution < 1.29 is 9.53 Å². The van der Waals surface area contributed by atoms with Crippen LogP contribution in [-0.2, 0) is 17.8 Å². The third kappa shape index (κ3) is 7.81. The fraction of sp³-hybridized carbons (Fsp3) is 0.333. The Bertz CT molecular complexity index is 715. The second-order valence-electron chi connectivity index (χ2n) is 5.98. The molecule has 2 aromatic rings. The first kappa shape index (κ1) is 20.3. The number of ether oxygens (including phenoxy) is 1. The largest absolute Gasteiger partial charge is 0.497 e. The highest BCUT2D eigenvalue weighted by molar-refractivity contribution is 5.84. The molecule has 0 fully saturated rings. The molecule has 0 heterocycles. The van der Waals surface area contributed by atoms with E-state index in [1.807, 2.05) is 49.4 Å². The van der Waals surface area contributed by atoms with Crippen molar-refractivity contribution >= 4 is 11.9 Å². The summed E-state index contributed by atoms with van der Waals surface area (Å²) in [5, 5.41) is 9.29. The second-order valence-corrected chi connectivity index (χ2v) is 5.98. The highest BCUT2D eigenvalue weighted by Crippen LogP contribution is 2.10. The molecule has 0 spiro atoms.